The van der Waals surface area contributed by atoms with Gasteiger partial charge in [0.2, 0.25) is 0 Å². The monoisotopic (exact) mass is 475 g/mol. The van der Waals surface area contributed by atoms with E-state index in [2.05, 4.69) is 20.9 Å². The summed E-state index contributed by atoms with van der Waals surface area (Å²) in [7, 11) is 0. The van der Waals surface area contributed by atoms with Gasteiger partial charge in [-0.15, -0.1) is 0 Å². The van der Waals surface area contributed by atoms with Crippen molar-refractivity contribution in [3.63, 3.8) is 0 Å². The lowest BCUT2D eigenvalue weighted by atomic mass is 10.2. The molecule has 0 bridgehead atoms. The van der Waals surface area contributed by atoms with Crippen LogP contribution in [0.15, 0.2) is 64.1 Å². The Balaban J connectivity index is 1.68. The Morgan fingerprint density at radius 3 is 2.55 bits per heavy atom. The van der Waals surface area contributed by atoms with Crippen molar-refractivity contribution in [2.45, 2.75) is 25.5 Å². The molecule has 4 heterocycles. The van der Waals surface area contributed by atoms with E-state index < -0.39 is 0 Å². The summed E-state index contributed by atoms with van der Waals surface area (Å²) in [6.45, 7) is 1.24. The van der Waals surface area contributed by atoms with E-state index in [0.29, 0.717) is 28.7 Å². The zero-order valence-corrected chi connectivity index (χ0v) is 18.1. The van der Waals surface area contributed by atoms with Crippen LogP contribution >= 0.6 is 15.9 Å². The summed E-state index contributed by atoms with van der Waals surface area (Å²) >= 11 is 3.49. The summed E-state index contributed by atoms with van der Waals surface area (Å²) in [4.78, 5) is 27.9. The number of rotatable bonds is 3. The average Bonchev–Trinajstić information content (AvgIpc) is 3.41. The first-order chi connectivity index (χ1) is 15.2. The summed E-state index contributed by atoms with van der Waals surface area (Å²) in [6, 6.07) is 15.5. The fourth-order valence-electron chi connectivity index (χ4n) is 4.24. The first-order valence-electron chi connectivity index (χ1n) is 10.2. The maximum Gasteiger partial charge on any atom is 0.265 e. The Labute approximate surface area is 185 Å². The van der Waals surface area contributed by atoms with Gasteiger partial charge in [0, 0.05) is 16.8 Å². The first kappa shape index (κ1) is 18.7. The maximum atomic E-state index is 13.5. The number of fused-ring (bicyclic) bond motifs is 4. The van der Waals surface area contributed by atoms with Gasteiger partial charge >= 0.3 is 0 Å². The van der Waals surface area contributed by atoms with E-state index in [4.69, 9.17) is 14.7 Å². The predicted octanol–water partition coefficient (Wildman–Crippen LogP) is 4.23. The van der Waals surface area contributed by atoms with Crippen LogP contribution < -0.4 is 5.56 Å². The van der Waals surface area contributed by atoms with Gasteiger partial charge in [-0.25, -0.2) is 15.0 Å². The van der Waals surface area contributed by atoms with E-state index in [-0.39, 0.29) is 11.7 Å². The molecule has 31 heavy (non-hydrogen) atoms. The van der Waals surface area contributed by atoms with E-state index in [0.717, 1.165) is 40.6 Å². The molecule has 2 aromatic carbocycles. The molecule has 0 radical (unpaired) electrons. The number of hydrogen-bond donors (Lipinski definition) is 0. The quantitative estimate of drug-likeness (QED) is 0.390. The van der Waals surface area contributed by atoms with Crippen molar-refractivity contribution >= 4 is 49.2 Å². The Morgan fingerprint density at radius 2 is 1.81 bits per heavy atom. The van der Waals surface area contributed by atoms with E-state index >= 15 is 0 Å². The molecule has 0 amide bonds. The number of hydrogen-bond acceptors (Lipinski definition) is 5. The molecule has 0 aliphatic carbocycles. The molecule has 6 rings (SSSR count). The zero-order valence-electron chi connectivity index (χ0n) is 16.5. The van der Waals surface area contributed by atoms with Crippen molar-refractivity contribution in [1.82, 2.24) is 24.1 Å². The second kappa shape index (κ2) is 7.25. The highest BCUT2D eigenvalue weighted by Gasteiger charge is 2.22. The van der Waals surface area contributed by atoms with E-state index in [1.165, 1.54) is 0 Å². The van der Waals surface area contributed by atoms with Crippen molar-refractivity contribution in [1.29, 1.82) is 0 Å². The average molecular weight is 476 g/mol. The van der Waals surface area contributed by atoms with Crippen LogP contribution in [0.1, 0.15) is 12.8 Å². The lowest BCUT2D eigenvalue weighted by Crippen LogP contribution is -2.26. The third-order valence-corrected chi connectivity index (χ3v) is 6.27. The first-order valence-corrected chi connectivity index (χ1v) is 11.0. The summed E-state index contributed by atoms with van der Waals surface area (Å²) in [6.07, 6.45) is 3.63. The largest absolute Gasteiger partial charge is 0.376 e. The van der Waals surface area contributed by atoms with Gasteiger partial charge in [0.25, 0.3) is 5.56 Å². The molecule has 1 fully saturated rings. The minimum Gasteiger partial charge on any atom is -0.376 e. The Kier molecular flexibility index (Phi) is 4.36. The minimum atomic E-state index is -0.119. The lowest BCUT2D eigenvalue weighted by Gasteiger charge is -2.11. The highest BCUT2D eigenvalue weighted by molar-refractivity contribution is 9.10. The van der Waals surface area contributed by atoms with Crippen LogP contribution in [-0.4, -0.2) is 36.8 Å². The van der Waals surface area contributed by atoms with Crippen LogP contribution in [0, 0.1) is 0 Å². The number of ether oxygens (including phenoxy) is 1. The molecule has 0 N–H and O–H groups in total. The summed E-state index contributed by atoms with van der Waals surface area (Å²) in [5, 5.41) is 0.483. The fourth-order valence-corrected chi connectivity index (χ4v) is 4.51. The van der Waals surface area contributed by atoms with Gasteiger partial charge in [0.05, 0.1) is 23.7 Å². The minimum absolute atomic E-state index is 0.0451. The topological polar surface area (TPSA) is 74.8 Å². The van der Waals surface area contributed by atoms with E-state index in [1.54, 1.807) is 10.9 Å². The van der Waals surface area contributed by atoms with Gasteiger partial charge in [-0.3, -0.25) is 13.9 Å². The molecular weight excluding hydrogens is 458 g/mol. The summed E-state index contributed by atoms with van der Waals surface area (Å²) < 4.78 is 10.3. The van der Waals surface area contributed by atoms with Gasteiger partial charge in [0.15, 0.2) is 11.3 Å². The third kappa shape index (κ3) is 3.05. The number of benzene rings is 2. The molecule has 1 aliphatic heterocycles. The molecule has 3 aromatic heterocycles. The SMILES string of the molecule is O=c1c2c3nc4ccccc4nc3n(-c3ccc(Br)cc3)c2ncn1CC1CCCO1. The van der Waals surface area contributed by atoms with Crippen LogP contribution in [0.3, 0.4) is 0 Å². The van der Waals surface area contributed by atoms with Gasteiger partial charge in [-0.2, -0.15) is 0 Å². The Morgan fingerprint density at radius 1 is 1.03 bits per heavy atom. The van der Waals surface area contributed by atoms with Crippen LogP contribution in [0.5, 0.6) is 0 Å². The smallest absolute Gasteiger partial charge is 0.265 e. The number of nitrogens with zero attached hydrogens (tertiary/aromatic N) is 5. The van der Waals surface area contributed by atoms with Gasteiger partial charge in [0.1, 0.15) is 17.2 Å². The molecule has 0 spiro atoms. The van der Waals surface area contributed by atoms with Crippen molar-refractivity contribution in [3.05, 3.63) is 69.7 Å². The van der Waals surface area contributed by atoms with Crippen LogP contribution in [0.2, 0.25) is 0 Å². The Bertz CT molecular complexity index is 1500. The number of halogens is 1. The highest BCUT2D eigenvalue weighted by Crippen LogP contribution is 2.29. The second-order valence-electron chi connectivity index (χ2n) is 7.73. The molecule has 1 atom stereocenters. The van der Waals surface area contributed by atoms with E-state index in [9.17, 15) is 4.79 Å². The van der Waals surface area contributed by atoms with Gasteiger partial charge < -0.3 is 4.74 Å². The standard InChI is InChI=1S/C23H18BrN5O2/c24-14-7-9-15(10-8-14)29-21-19(20-22(29)27-18-6-2-1-5-17(18)26-20)23(30)28(13-25-21)12-16-4-3-11-31-16/h1-2,5-10,13,16H,3-4,11-12H2. The summed E-state index contributed by atoms with van der Waals surface area (Å²) in [5.74, 6) is 0. The number of para-hydroxylation sites is 2. The van der Waals surface area contributed by atoms with Crippen molar-refractivity contribution in [2.75, 3.05) is 6.61 Å². The van der Waals surface area contributed by atoms with Crippen LogP contribution in [0.25, 0.3) is 38.9 Å². The van der Waals surface area contributed by atoms with Crippen molar-refractivity contribution in [3.8, 4) is 5.69 Å². The summed E-state index contributed by atoms with van der Waals surface area (Å²) in [5.41, 5.74) is 4.02. The lowest BCUT2D eigenvalue weighted by molar-refractivity contribution is 0.0960. The van der Waals surface area contributed by atoms with Gasteiger partial charge in [-0.05, 0) is 49.2 Å². The zero-order chi connectivity index (χ0) is 20.9. The number of aromatic nitrogens is 5. The van der Waals surface area contributed by atoms with E-state index in [1.807, 2.05) is 53.1 Å². The molecule has 1 unspecified atom stereocenters. The van der Waals surface area contributed by atoms with Crippen molar-refractivity contribution < 1.29 is 4.74 Å². The molecule has 5 aromatic rings. The van der Waals surface area contributed by atoms with Crippen LogP contribution in [-0.2, 0) is 11.3 Å². The second-order valence-corrected chi connectivity index (χ2v) is 8.65. The fraction of sp³-hybridized carbons (Fsp3) is 0.217. The van der Waals surface area contributed by atoms with Crippen molar-refractivity contribution in [2.24, 2.45) is 0 Å². The normalized spacial score (nSPS) is 16.6. The molecule has 0 saturated carbocycles. The van der Waals surface area contributed by atoms with Gasteiger partial charge in [-0.1, -0.05) is 28.1 Å². The maximum absolute atomic E-state index is 13.5. The Hall–Kier alpha value is -3.10. The molecule has 1 aliphatic rings. The molecule has 1 saturated heterocycles. The molecular formula is C23H18BrN5O2. The molecule has 154 valence electrons. The predicted molar refractivity (Wildman–Crippen MR) is 123 cm³/mol. The third-order valence-electron chi connectivity index (χ3n) is 5.74. The molecule has 7 nitrogen and oxygen atoms in total. The van der Waals surface area contributed by atoms with Crippen LogP contribution in [0.4, 0.5) is 0 Å². The molecule has 8 heteroatoms. The highest BCUT2D eigenvalue weighted by atomic mass is 79.9.